The van der Waals surface area contributed by atoms with E-state index in [0.29, 0.717) is 19.4 Å². The SMILES string of the molecule is CNC(=O)C1(Cc2ccc(Br)cc2)CCCN1C=O. The smallest absolute Gasteiger partial charge is 0.246 e. The maximum Gasteiger partial charge on any atom is 0.246 e. The molecule has 1 N–H and O–H groups in total. The molecule has 0 radical (unpaired) electrons. The number of hydrogen-bond donors (Lipinski definition) is 1. The van der Waals surface area contributed by atoms with Crippen LogP contribution in [0, 0.1) is 0 Å². The zero-order chi connectivity index (χ0) is 13.9. The van der Waals surface area contributed by atoms with Crippen LogP contribution in [0.1, 0.15) is 18.4 Å². The number of likely N-dealkylation sites (tertiary alicyclic amines) is 1. The van der Waals surface area contributed by atoms with E-state index in [0.717, 1.165) is 22.9 Å². The Balaban J connectivity index is 2.31. The molecule has 19 heavy (non-hydrogen) atoms. The zero-order valence-corrected chi connectivity index (χ0v) is 12.4. The van der Waals surface area contributed by atoms with Crippen LogP contribution in [0.2, 0.25) is 0 Å². The van der Waals surface area contributed by atoms with E-state index in [1.807, 2.05) is 24.3 Å². The van der Waals surface area contributed by atoms with Gasteiger partial charge in [0.05, 0.1) is 0 Å². The Morgan fingerprint density at radius 1 is 1.47 bits per heavy atom. The average molecular weight is 325 g/mol. The Bertz CT molecular complexity index is 475. The van der Waals surface area contributed by atoms with Crippen molar-refractivity contribution >= 4 is 28.2 Å². The fourth-order valence-electron chi connectivity index (χ4n) is 2.74. The molecule has 0 aromatic heterocycles. The molecule has 1 heterocycles. The molecule has 0 saturated carbocycles. The molecule has 0 spiro atoms. The highest BCUT2D eigenvalue weighted by molar-refractivity contribution is 9.10. The first-order valence-electron chi connectivity index (χ1n) is 6.31. The Kier molecular flexibility index (Phi) is 4.24. The zero-order valence-electron chi connectivity index (χ0n) is 10.9. The number of likely N-dealkylation sites (N-methyl/N-ethyl adjacent to an activating group) is 1. The summed E-state index contributed by atoms with van der Waals surface area (Å²) in [6, 6.07) is 7.87. The highest BCUT2D eigenvalue weighted by atomic mass is 79.9. The fraction of sp³-hybridized carbons (Fsp3) is 0.429. The highest BCUT2D eigenvalue weighted by Crippen LogP contribution is 2.32. The van der Waals surface area contributed by atoms with Crippen molar-refractivity contribution in [2.24, 2.45) is 0 Å². The van der Waals surface area contributed by atoms with Crippen molar-refractivity contribution in [2.75, 3.05) is 13.6 Å². The minimum absolute atomic E-state index is 0.0833. The molecule has 1 aliphatic heterocycles. The van der Waals surface area contributed by atoms with Gasteiger partial charge < -0.3 is 10.2 Å². The maximum absolute atomic E-state index is 12.3. The summed E-state index contributed by atoms with van der Waals surface area (Å²) in [4.78, 5) is 25.1. The van der Waals surface area contributed by atoms with E-state index in [1.54, 1.807) is 11.9 Å². The molecule has 5 heteroatoms. The van der Waals surface area contributed by atoms with Crippen molar-refractivity contribution in [3.63, 3.8) is 0 Å². The Labute approximate surface area is 121 Å². The summed E-state index contributed by atoms with van der Waals surface area (Å²) in [5, 5.41) is 2.69. The third-order valence-electron chi connectivity index (χ3n) is 3.73. The molecule has 1 aromatic carbocycles. The standard InChI is InChI=1S/C14H17BrN2O2/c1-16-13(19)14(7-2-8-17(14)10-18)9-11-3-5-12(15)6-4-11/h3-6,10H,2,7-9H2,1H3,(H,16,19). The predicted molar refractivity (Wildman–Crippen MR) is 76.6 cm³/mol. The fourth-order valence-corrected chi connectivity index (χ4v) is 3.00. The summed E-state index contributed by atoms with van der Waals surface area (Å²) in [7, 11) is 1.62. The van der Waals surface area contributed by atoms with Crippen molar-refractivity contribution in [3.05, 3.63) is 34.3 Å². The monoisotopic (exact) mass is 324 g/mol. The molecule has 1 fully saturated rings. The van der Waals surface area contributed by atoms with Crippen molar-refractivity contribution in [2.45, 2.75) is 24.8 Å². The molecule has 1 unspecified atom stereocenters. The summed E-state index contributed by atoms with van der Waals surface area (Å²) in [5.74, 6) is -0.0833. The number of nitrogens with zero attached hydrogens (tertiary/aromatic N) is 1. The number of carbonyl (C=O) groups is 2. The van der Waals surface area contributed by atoms with Crippen LogP contribution in [0.4, 0.5) is 0 Å². The van der Waals surface area contributed by atoms with Gasteiger partial charge in [0.25, 0.3) is 0 Å². The second-order valence-electron chi connectivity index (χ2n) is 4.82. The normalized spacial score (nSPS) is 22.3. The van der Waals surface area contributed by atoms with Gasteiger partial charge in [-0.25, -0.2) is 0 Å². The van der Waals surface area contributed by atoms with E-state index in [-0.39, 0.29) is 5.91 Å². The van der Waals surface area contributed by atoms with E-state index in [2.05, 4.69) is 21.2 Å². The van der Waals surface area contributed by atoms with Crippen LogP contribution in [0.15, 0.2) is 28.7 Å². The van der Waals surface area contributed by atoms with Gasteiger partial charge in [-0.1, -0.05) is 28.1 Å². The molecule has 2 amide bonds. The van der Waals surface area contributed by atoms with Crippen LogP contribution in [0.25, 0.3) is 0 Å². The maximum atomic E-state index is 12.3. The molecule has 0 bridgehead atoms. The van der Waals surface area contributed by atoms with Crippen LogP contribution < -0.4 is 5.32 Å². The molecule has 1 atom stereocenters. The third-order valence-corrected chi connectivity index (χ3v) is 4.25. The lowest BCUT2D eigenvalue weighted by atomic mass is 9.87. The molecule has 4 nitrogen and oxygen atoms in total. The Morgan fingerprint density at radius 3 is 2.74 bits per heavy atom. The van der Waals surface area contributed by atoms with E-state index in [9.17, 15) is 9.59 Å². The van der Waals surface area contributed by atoms with E-state index < -0.39 is 5.54 Å². The summed E-state index contributed by atoms with van der Waals surface area (Å²) in [6.07, 6.45) is 2.92. The first-order valence-corrected chi connectivity index (χ1v) is 7.10. The molecular formula is C14H17BrN2O2. The van der Waals surface area contributed by atoms with Gasteiger partial charge in [-0.3, -0.25) is 9.59 Å². The largest absolute Gasteiger partial charge is 0.357 e. The van der Waals surface area contributed by atoms with Crippen LogP contribution in [-0.4, -0.2) is 36.3 Å². The highest BCUT2D eigenvalue weighted by Gasteiger charge is 2.46. The average Bonchev–Trinajstić information content (AvgIpc) is 2.84. The number of rotatable bonds is 4. The quantitative estimate of drug-likeness (QED) is 0.857. The molecule has 1 saturated heterocycles. The summed E-state index contributed by atoms with van der Waals surface area (Å²) in [5.41, 5.74) is 0.324. The second-order valence-corrected chi connectivity index (χ2v) is 5.73. The number of halogens is 1. The van der Waals surface area contributed by atoms with Gasteiger partial charge in [0.1, 0.15) is 5.54 Å². The lowest BCUT2D eigenvalue weighted by Gasteiger charge is -2.34. The van der Waals surface area contributed by atoms with Gasteiger partial charge in [-0.15, -0.1) is 0 Å². The van der Waals surface area contributed by atoms with Gasteiger partial charge in [-0.05, 0) is 30.5 Å². The van der Waals surface area contributed by atoms with Crippen molar-refractivity contribution < 1.29 is 9.59 Å². The molecular weight excluding hydrogens is 308 g/mol. The van der Waals surface area contributed by atoms with E-state index in [1.165, 1.54) is 0 Å². The minimum Gasteiger partial charge on any atom is -0.357 e. The first-order chi connectivity index (χ1) is 9.12. The third kappa shape index (κ3) is 2.66. The van der Waals surface area contributed by atoms with Crippen molar-refractivity contribution in [1.82, 2.24) is 10.2 Å². The molecule has 0 aliphatic carbocycles. The van der Waals surface area contributed by atoms with Gasteiger partial charge in [0, 0.05) is 24.5 Å². The lowest BCUT2D eigenvalue weighted by molar-refractivity contribution is -0.137. The van der Waals surface area contributed by atoms with Crippen molar-refractivity contribution in [3.8, 4) is 0 Å². The number of amides is 2. The number of hydrogen-bond acceptors (Lipinski definition) is 2. The summed E-state index contributed by atoms with van der Waals surface area (Å²) in [6.45, 7) is 0.646. The van der Waals surface area contributed by atoms with Gasteiger partial charge in [0.2, 0.25) is 12.3 Å². The topological polar surface area (TPSA) is 49.4 Å². The molecule has 1 aromatic rings. The van der Waals surface area contributed by atoms with Crippen LogP contribution in [0.5, 0.6) is 0 Å². The van der Waals surface area contributed by atoms with E-state index >= 15 is 0 Å². The Morgan fingerprint density at radius 2 is 2.16 bits per heavy atom. The summed E-state index contributed by atoms with van der Waals surface area (Å²) < 4.78 is 1.00. The molecule has 1 aliphatic rings. The number of carbonyl (C=O) groups excluding carboxylic acids is 2. The van der Waals surface area contributed by atoms with Gasteiger partial charge >= 0.3 is 0 Å². The van der Waals surface area contributed by atoms with Crippen molar-refractivity contribution in [1.29, 1.82) is 0 Å². The predicted octanol–water partition coefficient (Wildman–Crippen LogP) is 1.73. The van der Waals surface area contributed by atoms with E-state index in [4.69, 9.17) is 0 Å². The number of benzene rings is 1. The van der Waals surface area contributed by atoms with Crippen LogP contribution in [-0.2, 0) is 16.0 Å². The lowest BCUT2D eigenvalue weighted by Crippen LogP contribution is -2.55. The van der Waals surface area contributed by atoms with Gasteiger partial charge in [0.15, 0.2) is 0 Å². The Hall–Kier alpha value is -1.36. The molecule has 102 valence electrons. The van der Waals surface area contributed by atoms with Gasteiger partial charge in [-0.2, -0.15) is 0 Å². The second kappa shape index (κ2) is 5.74. The van der Waals surface area contributed by atoms with Crippen LogP contribution >= 0.6 is 15.9 Å². The van der Waals surface area contributed by atoms with Crippen LogP contribution in [0.3, 0.4) is 0 Å². The summed E-state index contributed by atoms with van der Waals surface area (Å²) >= 11 is 3.39. The minimum atomic E-state index is -0.732. The first kappa shape index (κ1) is 14.1. The number of nitrogens with one attached hydrogen (secondary N) is 1. The molecule has 2 rings (SSSR count).